The molecule has 4 heterocycles. The predicted molar refractivity (Wildman–Crippen MR) is 177 cm³/mol. The molecule has 2 saturated carbocycles. The summed E-state index contributed by atoms with van der Waals surface area (Å²) in [5.74, 6) is -1.32. The van der Waals surface area contributed by atoms with Crippen LogP contribution in [0.25, 0.3) is 28.1 Å². The zero-order chi connectivity index (χ0) is 35.9. The standard InChI is InChI=1S/C28H21ClF2N6O3.C7H7NO3/c1-15-34-25(36-40-15)24-23(29)20-13-18(30)4-7-21(20)37(24)19-5-2-16(3-6-19)14-33-27(39)28(9-10-28)35-26(38)17-8-11-32-22(31)12-17;9-7(10)5-3-6(11-8-5)4-1-2-4/h2-8,11-13H,9-10,14H2,1H3,(H,33,39)(H,35,38);3-4H,1-2H2,(H,9,10). The molecule has 51 heavy (non-hydrogen) atoms. The van der Waals surface area contributed by atoms with E-state index in [0.717, 1.165) is 24.5 Å². The predicted octanol–water partition coefficient (Wildman–Crippen LogP) is 6.14. The Morgan fingerprint density at radius 1 is 1.02 bits per heavy atom. The summed E-state index contributed by atoms with van der Waals surface area (Å²) in [7, 11) is 0. The average molecular weight is 716 g/mol. The third-order valence-electron chi connectivity index (χ3n) is 8.51. The minimum absolute atomic E-state index is 0.00639. The number of aromatic nitrogens is 5. The highest BCUT2D eigenvalue weighted by Gasteiger charge is 2.51. The zero-order valence-electron chi connectivity index (χ0n) is 26.8. The number of nitrogens with one attached hydrogen (secondary N) is 2. The number of aromatic carboxylic acids is 1. The Morgan fingerprint density at radius 2 is 1.78 bits per heavy atom. The van der Waals surface area contributed by atoms with E-state index in [1.807, 2.05) is 28.8 Å². The number of hydrogen-bond acceptors (Lipinski definition) is 9. The minimum Gasteiger partial charge on any atom is -0.476 e. The summed E-state index contributed by atoms with van der Waals surface area (Å²) in [6.07, 6.45) is 4.35. The number of halogens is 3. The van der Waals surface area contributed by atoms with E-state index in [4.69, 9.17) is 25.8 Å². The number of carboxylic acids is 1. The highest BCUT2D eigenvalue weighted by molar-refractivity contribution is 6.38. The Labute approximate surface area is 292 Å². The Hall–Kier alpha value is -5.96. The molecule has 2 fully saturated rings. The third kappa shape index (κ3) is 7.05. The highest BCUT2D eigenvalue weighted by atomic mass is 35.5. The molecule has 260 valence electrons. The second kappa shape index (κ2) is 13.4. The normalized spacial score (nSPS) is 14.4. The van der Waals surface area contributed by atoms with Crippen molar-refractivity contribution in [2.45, 2.75) is 50.6 Å². The maximum atomic E-state index is 14.0. The SMILES string of the molecule is Cc1nc(-c2c(Cl)c3cc(F)ccc3n2-c2ccc(CNC(=O)C3(NC(=O)c4ccnc(F)c4)CC3)cc2)no1.O=C(O)c1cc(C2CC2)on1. The van der Waals surface area contributed by atoms with Crippen molar-refractivity contribution in [2.24, 2.45) is 0 Å². The van der Waals surface area contributed by atoms with Crippen LogP contribution in [-0.4, -0.2) is 53.3 Å². The van der Waals surface area contributed by atoms with Crippen LogP contribution in [0.4, 0.5) is 8.78 Å². The molecule has 0 radical (unpaired) electrons. The fraction of sp³-hybridized carbons (Fsp3) is 0.229. The minimum atomic E-state index is -1.03. The van der Waals surface area contributed by atoms with Crippen molar-refractivity contribution in [3.8, 4) is 17.2 Å². The van der Waals surface area contributed by atoms with E-state index in [9.17, 15) is 23.2 Å². The summed E-state index contributed by atoms with van der Waals surface area (Å²) >= 11 is 6.67. The van der Waals surface area contributed by atoms with Crippen LogP contribution in [0.1, 0.15) is 69.7 Å². The first-order valence-electron chi connectivity index (χ1n) is 15.8. The summed E-state index contributed by atoms with van der Waals surface area (Å²) in [6, 6.07) is 15.6. The van der Waals surface area contributed by atoms with Crippen molar-refractivity contribution in [1.29, 1.82) is 0 Å². The molecule has 0 bridgehead atoms. The summed E-state index contributed by atoms with van der Waals surface area (Å²) < 4.78 is 39.2. The second-order valence-electron chi connectivity index (χ2n) is 12.2. The van der Waals surface area contributed by atoms with Crippen LogP contribution in [0, 0.1) is 18.7 Å². The lowest BCUT2D eigenvalue weighted by molar-refractivity contribution is -0.124. The van der Waals surface area contributed by atoms with Crippen molar-refractivity contribution in [3.63, 3.8) is 0 Å². The topological polar surface area (TPSA) is 178 Å². The van der Waals surface area contributed by atoms with Gasteiger partial charge in [-0.1, -0.05) is 34.0 Å². The Bertz CT molecular complexity index is 2290. The number of pyridine rings is 1. The van der Waals surface area contributed by atoms with Gasteiger partial charge in [-0.3, -0.25) is 9.59 Å². The van der Waals surface area contributed by atoms with Gasteiger partial charge in [-0.2, -0.15) is 9.37 Å². The van der Waals surface area contributed by atoms with Crippen LogP contribution in [-0.2, 0) is 11.3 Å². The number of carboxylic acid groups (broad SMARTS) is 1. The molecule has 13 nitrogen and oxygen atoms in total. The molecule has 4 aromatic heterocycles. The van der Waals surface area contributed by atoms with Gasteiger partial charge >= 0.3 is 5.97 Å². The van der Waals surface area contributed by atoms with Gasteiger partial charge in [-0.15, -0.1) is 0 Å². The number of rotatable bonds is 9. The average Bonchev–Trinajstić information content (AvgIpc) is 4.00. The fourth-order valence-electron chi connectivity index (χ4n) is 5.52. The van der Waals surface area contributed by atoms with Gasteiger partial charge in [0.15, 0.2) is 5.69 Å². The summed E-state index contributed by atoms with van der Waals surface area (Å²) in [4.78, 5) is 43.5. The first-order valence-corrected chi connectivity index (χ1v) is 16.2. The molecule has 8 rings (SSSR count). The monoisotopic (exact) mass is 715 g/mol. The smallest absolute Gasteiger partial charge is 0.358 e. The molecule has 0 atom stereocenters. The van der Waals surface area contributed by atoms with Crippen molar-refractivity contribution in [2.75, 3.05) is 0 Å². The number of carbonyl (C=O) groups excluding carboxylic acids is 2. The Balaban J connectivity index is 0.000000313. The van der Waals surface area contributed by atoms with Gasteiger partial charge in [0.1, 0.15) is 22.8 Å². The Kier molecular flexibility index (Phi) is 8.81. The van der Waals surface area contributed by atoms with Crippen LogP contribution in [0.3, 0.4) is 0 Å². The summed E-state index contributed by atoms with van der Waals surface area (Å²) in [6.45, 7) is 1.88. The molecule has 16 heteroatoms. The zero-order valence-corrected chi connectivity index (χ0v) is 27.6. The molecule has 0 aliphatic heterocycles. The lowest BCUT2D eigenvalue weighted by Crippen LogP contribution is -2.48. The van der Waals surface area contributed by atoms with Crippen molar-refractivity contribution >= 4 is 40.3 Å². The van der Waals surface area contributed by atoms with Crippen molar-refractivity contribution in [1.82, 2.24) is 35.5 Å². The van der Waals surface area contributed by atoms with Crippen LogP contribution in [0.5, 0.6) is 0 Å². The van der Waals surface area contributed by atoms with E-state index < -0.39 is 29.2 Å². The largest absolute Gasteiger partial charge is 0.476 e. The lowest BCUT2D eigenvalue weighted by Gasteiger charge is -2.17. The van der Waals surface area contributed by atoms with Crippen LogP contribution >= 0.6 is 11.6 Å². The first-order chi connectivity index (χ1) is 24.5. The molecule has 3 N–H and O–H groups in total. The molecule has 0 saturated heterocycles. The molecule has 0 unspecified atom stereocenters. The number of fused-ring (bicyclic) bond motifs is 1. The van der Waals surface area contributed by atoms with Gasteiger partial charge in [0.05, 0.1) is 10.5 Å². The fourth-order valence-corrected chi connectivity index (χ4v) is 5.84. The van der Waals surface area contributed by atoms with Gasteiger partial charge in [0.2, 0.25) is 23.6 Å². The van der Waals surface area contributed by atoms with E-state index in [2.05, 4.69) is 30.9 Å². The van der Waals surface area contributed by atoms with Gasteiger partial charge in [-0.25, -0.2) is 14.2 Å². The number of aryl methyl sites for hydroxylation is 1. The second-order valence-corrected chi connectivity index (χ2v) is 12.6. The van der Waals surface area contributed by atoms with E-state index >= 15 is 0 Å². The van der Waals surface area contributed by atoms with E-state index in [1.165, 1.54) is 30.5 Å². The number of carbonyl (C=O) groups is 3. The van der Waals surface area contributed by atoms with Gasteiger partial charge in [0, 0.05) is 54.4 Å². The molecular weight excluding hydrogens is 688 g/mol. The number of nitrogens with zero attached hydrogens (tertiary/aromatic N) is 5. The van der Waals surface area contributed by atoms with Crippen LogP contribution in [0.15, 0.2) is 75.9 Å². The maximum Gasteiger partial charge on any atom is 0.358 e. The molecule has 0 spiro atoms. The van der Waals surface area contributed by atoms with E-state index in [0.29, 0.717) is 52.7 Å². The number of amides is 2. The van der Waals surface area contributed by atoms with Crippen LogP contribution in [0.2, 0.25) is 5.02 Å². The third-order valence-corrected chi connectivity index (χ3v) is 8.89. The molecular formula is C35H28ClF2N7O6. The van der Waals surface area contributed by atoms with E-state index in [1.54, 1.807) is 13.0 Å². The quantitative estimate of drug-likeness (QED) is 0.147. The molecule has 2 aliphatic rings. The summed E-state index contributed by atoms with van der Waals surface area (Å²) in [5, 5.41) is 22.3. The molecule has 2 amide bonds. The Morgan fingerprint density at radius 3 is 2.41 bits per heavy atom. The highest BCUT2D eigenvalue weighted by Crippen LogP contribution is 2.41. The lowest BCUT2D eigenvalue weighted by atomic mass is 10.1. The number of benzene rings is 2. The van der Waals surface area contributed by atoms with Gasteiger partial charge in [-0.05, 0) is 67.6 Å². The molecule has 2 aliphatic carbocycles. The van der Waals surface area contributed by atoms with Crippen LogP contribution < -0.4 is 10.6 Å². The van der Waals surface area contributed by atoms with Gasteiger partial charge < -0.3 is 29.4 Å². The molecule has 6 aromatic rings. The van der Waals surface area contributed by atoms with Crippen molar-refractivity contribution in [3.05, 3.63) is 112 Å². The maximum absolute atomic E-state index is 14.0. The van der Waals surface area contributed by atoms with Crippen molar-refractivity contribution < 1.29 is 37.3 Å². The first kappa shape index (κ1) is 33.5. The summed E-state index contributed by atoms with van der Waals surface area (Å²) in [5.41, 5.74) is 1.72. The molecule has 2 aromatic carbocycles. The van der Waals surface area contributed by atoms with E-state index in [-0.39, 0.29) is 34.6 Å². The van der Waals surface area contributed by atoms with Gasteiger partial charge in [0.25, 0.3) is 5.91 Å². The number of hydrogen-bond donors (Lipinski definition) is 3.